The van der Waals surface area contributed by atoms with Crippen molar-refractivity contribution in [3.8, 4) is 0 Å². The van der Waals surface area contributed by atoms with E-state index < -0.39 is 23.7 Å². The van der Waals surface area contributed by atoms with E-state index in [2.05, 4.69) is 15.5 Å². The Bertz CT molecular complexity index is 464. The molecule has 0 bridgehead atoms. The van der Waals surface area contributed by atoms with Crippen LogP contribution in [0.4, 0.5) is 4.79 Å². The fourth-order valence-corrected chi connectivity index (χ4v) is 1.38. The third-order valence-corrected chi connectivity index (χ3v) is 2.04. The fourth-order valence-electron chi connectivity index (χ4n) is 1.38. The van der Waals surface area contributed by atoms with Gasteiger partial charge in [-0.3, -0.25) is 4.79 Å². The molecule has 0 aromatic carbocycles. The molecular weight excluding hydrogens is 252 g/mol. The third kappa shape index (κ3) is 5.36. The van der Waals surface area contributed by atoms with Crippen molar-refractivity contribution in [2.24, 2.45) is 7.05 Å². The number of carboxylic acids is 1. The molecule has 0 radical (unpaired) electrons. The quantitative estimate of drug-likeness (QED) is 0.840. The van der Waals surface area contributed by atoms with E-state index in [1.54, 1.807) is 27.8 Å². The zero-order chi connectivity index (χ0) is 14.6. The number of aliphatic carboxylic acids is 1. The van der Waals surface area contributed by atoms with Gasteiger partial charge < -0.3 is 15.2 Å². The summed E-state index contributed by atoms with van der Waals surface area (Å²) in [6, 6.07) is -0.777. The predicted molar refractivity (Wildman–Crippen MR) is 65.4 cm³/mol. The summed E-state index contributed by atoms with van der Waals surface area (Å²) < 4.78 is 5.08. The molecule has 0 spiro atoms. The van der Waals surface area contributed by atoms with E-state index in [9.17, 15) is 9.59 Å². The largest absolute Gasteiger partial charge is 0.481 e. The first-order valence-corrected chi connectivity index (χ1v) is 5.75. The first-order chi connectivity index (χ1) is 8.67. The summed E-state index contributed by atoms with van der Waals surface area (Å²) in [7, 11) is 1.61. The number of aromatic nitrogens is 3. The van der Waals surface area contributed by atoms with Gasteiger partial charge in [0.05, 0.1) is 18.7 Å². The van der Waals surface area contributed by atoms with Crippen LogP contribution >= 0.6 is 0 Å². The van der Waals surface area contributed by atoms with Gasteiger partial charge in [0.15, 0.2) is 0 Å². The van der Waals surface area contributed by atoms with Crippen molar-refractivity contribution in [1.29, 1.82) is 0 Å². The highest BCUT2D eigenvalue weighted by atomic mass is 16.6. The number of ether oxygens (including phenoxy) is 1. The van der Waals surface area contributed by atoms with Crippen LogP contribution in [0.2, 0.25) is 0 Å². The molecule has 0 fully saturated rings. The molecule has 19 heavy (non-hydrogen) atoms. The standard InChI is InChI=1S/C11H18N4O4/c1-11(2,3)19-10(18)13-7(5-9(16)17)8-6-12-15(4)14-8/h6-7H,5H2,1-4H3,(H,13,18)(H,16,17)/t7-/m1/s1. The highest BCUT2D eigenvalue weighted by molar-refractivity contribution is 5.71. The molecular formula is C11H18N4O4. The zero-order valence-electron chi connectivity index (χ0n) is 11.4. The Morgan fingerprint density at radius 1 is 1.53 bits per heavy atom. The number of nitrogens with zero attached hydrogens (tertiary/aromatic N) is 3. The average Bonchev–Trinajstić information content (AvgIpc) is 2.60. The van der Waals surface area contributed by atoms with Crippen LogP contribution in [0.15, 0.2) is 6.20 Å². The molecule has 0 saturated heterocycles. The van der Waals surface area contributed by atoms with Crippen molar-refractivity contribution >= 4 is 12.1 Å². The van der Waals surface area contributed by atoms with Crippen LogP contribution < -0.4 is 5.32 Å². The second-order valence-corrected chi connectivity index (χ2v) is 5.06. The van der Waals surface area contributed by atoms with Gasteiger partial charge in [0.25, 0.3) is 0 Å². The molecule has 0 aliphatic rings. The van der Waals surface area contributed by atoms with Crippen LogP contribution in [-0.2, 0) is 16.6 Å². The predicted octanol–water partition coefficient (Wildman–Crippen LogP) is 0.856. The lowest BCUT2D eigenvalue weighted by Crippen LogP contribution is -2.36. The summed E-state index contributed by atoms with van der Waals surface area (Å²) in [6.07, 6.45) is 0.424. The maximum Gasteiger partial charge on any atom is 0.408 e. The number of hydrogen-bond donors (Lipinski definition) is 2. The molecule has 2 N–H and O–H groups in total. The zero-order valence-corrected chi connectivity index (χ0v) is 11.4. The first-order valence-electron chi connectivity index (χ1n) is 5.75. The van der Waals surface area contributed by atoms with Gasteiger partial charge in [-0.15, -0.1) is 0 Å². The SMILES string of the molecule is Cn1ncc([C@@H](CC(=O)O)NC(=O)OC(C)(C)C)n1. The Morgan fingerprint density at radius 2 is 2.16 bits per heavy atom. The van der Waals surface area contributed by atoms with Crippen LogP contribution in [0.5, 0.6) is 0 Å². The lowest BCUT2D eigenvalue weighted by molar-refractivity contribution is -0.137. The van der Waals surface area contributed by atoms with E-state index in [1.165, 1.54) is 11.0 Å². The average molecular weight is 270 g/mol. The van der Waals surface area contributed by atoms with Crippen molar-refractivity contribution in [2.45, 2.75) is 38.8 Å². The van der Waals surface area contributed by atoms with E-state index in [4.69, 9.17) is 9.84 Å². The number of rotatable bonds is 4. The number of nitrogens with one attached hydrogen (secondary N) is 1. The molecule has 8 heteroatoms. The van der Waals surface area contributed by atoms with E-state index >= 15 is 0 Å². The topological polar surface area (TPSA) is 106 Å². The van der Waals surface area contributed by atoms with Crippen LogP contribution in [0, 0.1) is 0 Å². The lowest BCUT2D eigenvalue weighted by Gasteiger charge is -2.22. The molecule has 8 nitrogen and oxygen atoms in total. The molecule has 1 amide bonds. The molecule has 1 atom stereocenters. The second kappa shape index (κ2) is 5.68. The molecule has 1 heterocycles. The minimum atomic E-state index is -1.05. The highest BCUT2D eigenvalue weighted by Crippen LogP contribution is 2.15. The van der Waals surface area contributed by atoms with E-state index in [0.29, 0.717) is 5.69 Å². The number of carbonyl (C=O) groups is 2. The number of carbonyl (C=O) groups excluding carboxylic acids is 1. The first kappa shape index (κ1) is 14.9. The second-order valence-electron chi connectivity index (χ2n) is 5.06. The Kier molecular flexibility index (Phi) is 4.47. The smallest absolute Gasteiger partial charge is 0.408 e. The van der Waals surface area contributed by atoms with Crippen molar-refractivity contribution in [3.05, 3.63) is 11.9 Å². The van der Waals surface area contributed by atoms with Gasteiger partial charge in [-0.25, -0.2) is 4.79 Å². The van der Waals surface area contributed by atoms with Crippen molar-refractivity contribution in [2.75, 3.05) is 0 Å². The number of alkyl carbamates (subject to hydrolysis) is 1. The molecule has 0 unspecified atom stereocenters. The maximum atomic E-state index is 11.6. The van der Waals surface area contributed by atoms with Crippen molar-refractivity contribution in [3.63, 3.8) is 0 Å². The monoisotopic (exact) mass is 270 g/mol. The van der Waals surface area contributed by atoms with Gasteiger partial charge in [-0.1, -0.05) is 0 Å². The summed E-state index contributed by atoms with van der Waals surface area (Å²) in [5, 5.41) is 19.2. The van der Waals surface area contributed by atoms with Gasteiger partial charge in [-0.05, 0) is 20.8 Å². The van der Waals surface area contributed by atoms with Crippen LogP contribution in [-0.4, -0.2) is 37.8 Å². The minimum Gasteiger partial charge on any atom is -0.481 e. The normalized spacial score (nSPS) is 12.8. The van der Waals surface area contributed by atoms with Gasteiger partial charge in [0, 0.05) is 7.05 Å². The summed E-state index contributed by atoms with van der Waals surface area (Å²) in [4.78, 5) is 23.8. The van der Waals surface area contributed by atoms with Gasteiger partial charge in [0.2, 0.25) is 0 Å². The summed E-state index contributed by atoms with van der Waals surface area (Å²) in [5.74, 6) is -1.05. The molecule has 106 valence electrons. The van der Waals surface area contributed by atoms with Gasteiger partial charge >= 0.3 is 12.1 Å². The summed E-state index contributed by atoms with van der Waals surface area (Å²) >= 11 is 0. The number of carboxylic acid groups (broad SMARTS) is 1. The lowest BCUT2D eigenvalue weighted by atomic mass is 10.1. The molecule has 1 rings (SSSR count). The molecule has 0 aliphatic heterocycles. The number of hydrogen-bond acceptors (Lipinski definition) is 5. The summed E-state index contributed by atoms with van der Waals surface area (Å²) in [6.45, 7) is 5.17. The Hall–Kier alpha value is -2.12. The molecule has 1 aromatic rings. The summed E-state index contributed by atoms with van der Waals surface area (Å²) in [5.41, 5.74) is -0.281. The third-order valence-electron chi connectivity index (χ3n) is 2.04. The fraction of sp³-hybridized carbons (Fsp3) is 0.636. The van der Waals surface area contributed by atoms with Crippen LogP contribution in [0.1, 0.15) is 38.9 Å². The molecule has 0 aliphatic carbocycles. The van der Waals surface area contributed by atoms with Gasteiger partial charge in [-0.2, -0.15) is 15.0 Å². The van der Waals surface area contributed by atoms with Crippen molar-refractivity contribution in [1.82, 2.24) is 20.3 Å². The van der Waals surface area contributed by atoms with Crippen LogP contribution in [0.25, 0.3) is 0 Å². The highest BCUT2D eigenvalue weighted by Gasteiger charge is 2.24. The maximum absolute atomic E-state index is 11.6. The van der Waals surface area contributed by atoms with Crippen LogP contribution in [0.3, 0.4) is 0 Å². The minimum absolute atomic E-state index is 0.294. The van der Waals surface area contributed by atoms with Gasteiger partial charge in [0.1, 0.15) is 11.3 Å². The molecule has 0 saturated carbocycles. The Labute approximate surface area is 110 Å². The van der Waals surface area contributed by atoms with E-state index in [1.807, 2.05) is 0 Å². The Morgan fingerprint density at radius 3 is 2.58 bits per heavy atom. The van der Waals surface area contributed by atoms with E-state index in [-0.39, 0.29) is 6.42 Å². The van der Waals surface area contributed by atoms with Crippen molar-refractivity contribution < 1.29 is 19.4 Å². The molecule has 1 aromatic heterocycles. The Balaban J connectivity index is 2.76. The number of amides is 1. The van der Waals surface area contributed by atoms with E-state index in [0.717, 1.165) is 0 Å². The number of aryl methyl sites for hydroxylation is 1.